The Bertz CT molecular complexity index is 1200. The number of nitrogens with two attached hydrogens (primary N) is 1. The Hall–Kier alpha value is -3.73. The maximum atomic E-state index is 6.26. The summed E-state index contributed by atoms with van der Waals surface area (Å²) in [5.74, 6) is 1.53. The summed E-state index contributed by atoms with van der Waals surface area (Å²) in [7, 11) is 3.42. The van der Waals surface area contributed by atoms with Gasteiger partial charge in [-0.2, -0.15) is 0 Å². The average molecular weight is 430 g/mol. The van der Waals surface area contributed by atoms with Gasteiger partial charge < -0.3 is 20.2 Å². The van der Waals surface area contributed by atoms with Crippen molar-refractivity contribution in [2.24, 2.45) is 10.7 Å². The van der Waals surface area contributed by atoms with Crippen LogP contribution in [-0.2, 0) is 0 Å². The van der Waals surface area contributed by atoms with Crippen LogP contribution < -0.4 is 15.2 Å². The third-order valence-corrected chi connectivity index (χ3v) is 4.94. The lowest BCUT2D eigenvalue weighted by Gasteiger charge is -2.13. The van der Waals surface area contributed by atoms with E-state index in [0.717, 1.165) is 39.4 Å². The van der Waals surface area contributed by atoms with Crippen LogP contribution >= 0.6 is 0 Å². The number of allylic oxidation sites excluding steroid dienone is 3. The van der Waals surface area contributed by atoms with Crippen LogP contribution in [0.1, 0.15) is 31.9 Å². The molecule has 32 heavy (non-hydrogen) atoms. The minimum Gasteiger partial charge on any atom is -0.496 e. The van der Waals surface area contributed by atoms with Crippen molar-refractivity contribution in [2.45, 2.75) is 26.9 Å². The SMILES string of the molecule is C/N=C(\C=C(N)\C=C\c1ccc2cc[nH]c2c1)C(/C)=C/c1ccc(OC(C)C)cc1OC. The lowest BCUT2D eigenvalue weighted by atomic mass is 10.1. The fourth-order valence-corrected chi connectivity index (χ4v) is 3.39. The summed E-state index contributed by atoms with van der Waals surface area (Å²) in [5.41, 5.74) is 11.8. The molecule has 5 nitrogen and oxygen atoms in total. The molecule has 166 valence electrons. The highest BCUT2D eigenvalue weighted by Gasteiger charge is 2.07. The predicted molar refractivity (Wildman–Crippen MR) is 135 cm³/mol. The third kappa shape index (κ3) is 5.91. The van der Waals surface area contributed by atoms with Crippen LogP contribution in [0.2, 0.25) is 0 Å². The molecule has 3 rings (SSSR count). The molecule has 0 saturated carbocycles. The van der Waals surface area contributed by atoms with E-state index < -0.39 is 0 Å². The van der Waals surface area contributed by atoms with Crippen molar-refractivity contribution in [3.8, 4) is 11.5 Å². The van der Waals surface area contributed by atoms with Crippen LogP contribution in [-0.4, -0.2) is 31.0 Å². The Morgan fingerprint density at radius 1 is 1.12 bits per heavy atom. The standard InChI is InChI=1S/C27H31N3O2/c1-18(2)32-24-11-9-22(27(17-24)31-5)14-19(3)25(29-4)16-23(28)10-7-20-6-8-21-12-13-30-26(21)15-20/h6-18,30H,28H2,1-5H3/b10-7+,19-14+,23-16-,29-25+. The summed E-state index contributed by atoms with van der Waals surface area (Å²) in [6, 6.07) is 14.1. The van der Waals surface area contributed by atoms with E-state index in [2.05, 4.69) is 34.2 Å². The number of aliphatic imine (C=N–C) groups is 1. The second-order valence-corrected chi connectivity index (χ2v) is 7.81. The van der Waals surface area contributed by atoms with E-state index in [1.165, 1.54) is 5.39 Å². The molecule has 1 aromatic heterocycles. The van der Waals surface area contributed by atoms with E-state index in [0.29, 0.717) is 5.70 Å². The normalized spacial score (nSPS) is 13.4. The molecule has 0 unspecified atom stereocenters. The molecule has 5 heteroatoms. The maximum absolute atomic E-state index is 6.26. The number of nitrogens with zero attached hydrogens (tertiary/aromatic N) is 1. The van der Waals surface area contributed by atoms with Gasteiger partial charge in [0.05, 0.1) is 18.9 Å². The lowest BCUT2D eigenvalue weighted by Crippen LogP contribution is -2.05. The third-order valence-electron chi connectivity index (χ3n) is 4.94. The number of aromatic nitrogens is 1. The fraction of sp³-hybridized carbons (Fsp3) is 0.222. The molecule has 1 heterocycles. The lowest BCUT2D eigenvalue weighted by molar-refractivity contribution is 0.241. The van der Waals surface area contributed by atoms with Gasteiger partial charge in [-0.1, -0.05) is 18.2 Å². The first kappa shape index (κ1) is 22.9. The number of fused-ring (bicyclic) bond motifs is 1. The highest BCUT2D eigenvalue weighted by atomic mass is 16.5. The van der Waals surface area contributed by atoms with Crippen LogP contribution in [0.5, 0.6) is 11.5 Å². The average Bonchev–Trinajstić information content (AvgIpc) is 3.24. The summed E-state index contributed by atoms with van der Waals surface area (Å²) in [5, 5.41) is 1.19. The quantitative estimate of drug-likeness (QED) is 0.341. The number of methoxy groups -OCH3 is 1. The van der Waals surface area contributed by atoms with Crippen molar-refractivity contribution in [1.29, 1.82) is 0 Å². The Balaban J connectivity index is 1.79. The van der Waals surface area contributed by atoms with E-state index in [1.54, 1.807) is 14.2 Å². The van der Waals surface area contributed by atoms with Gasteiger partial charge in [0.2, 0.25) is 0 Å². The van der Waals surface area contributed by atoms with Crippen molar-refractivity contribution in [2.75, 3.05) is 14.2 Å². The van der Waals surface area contributed by atoms with Gasteiger partial charge in [-0.15, -0.1) is 0 Å². The first-order valence-corrected chi connectivity index (χ1v) is 10.6. The topological polar surface area (TPSA) is 72.6 Å². The zero-order chi connectivity index (χ0) is 23.1. The smallest absolute Gasteiger partial charge is 0.129 e. The molecule has 0 aliphatic carbocycles. The van der Waals surface area contributed by atoms with E-state index >= 15 is 0 Å². The number of ether oxygens (including phenoxy) is 2. The van der Waals surface area contributed by atoms with Crippen molar-refractivity contribution in [3.05, 3.63) is 83.2 Å². The van der Waals surface area contributed by atoms with E-state index in [1.807, 2.05) is 69.5 Å². The summed E-state index contributed by atoms with van der Waals surface area (Å²) < 4.78 is 11.3. The van der Waals surface area contributed by atoms with Gasteiger partial charge in [-0.05, 0) is 79.8 Å². The number of aromatic amines is 1. The molecule has 0 aliphatic heterocycles. The number of nitrogens with one attached hydrogen (secondary N) is 1. The molecule has 0 aliphatic rings. The molecule has 3 N–H and O–H groups in total. The van der Waals surface area contributed by atoms with E-state index in [4.69, 9.17) is 15.2 Å². The van der Waals surface area contributed by atoms with E-state index in [-0.39, 0.29) is 6.10 Å². The summed E-state index contributed by atoms with van der Waals surface area (Å²) >= 11 is 0. The van der Waals surface area contributed by atoms with Crippen molar-refractivity contribution in [1.82, 2.24) is 4.98 Å². The van der Waals surface area contributed by atoms with Crippen LogP contribution in [0.3, 0.4) is 0 Å². The van der Waals surface area contributed by atoms with E-state index in [9.17, 15) is 0 Å². The molecule has 0 spiro atoms. The highest BCUT2D eigenvalue weighted by Crippen LogP contribution is 2.27. The Kier molecular flexibility index (Phi) is 7.55. The van der Waals surface area contributed by atoms with Crippen LogP contribution in [0, 0.1) is 0 Å². The molecule has 0 fully saturated rings. The van der Waals surface area contributed by atoms with Crippen LogP contribution in [0.25, 0.3) is 23.1 Å². The summed E-state index contributed by atoms with van der Waals surface area (Å²) in [4.78, 5) is 7.64. The molecule has 0 saturated heterocycles. The van der Waals surface area contributed by atoms with Gasteiger partial charge in [0.25, 0.3) is 0 Å². The molecular weight excluding hydrogens is 398 g/mol. The Morgan fingerprint density at radius 3 is 2.66 bits per heavy atom. The number of benzene rings is 2. The largest absolute Gasteiger partial charge is 0.496 e. The molecule has 0 atom stereocenters. The van der Waals surface area contributed by atoms with Crippen LogP contribution in [0.4, 0.5) is 0 Å². The molecule has 0 radical (unpaired) electrons. The number of rotatable bonds is 8. The maximum Gasteiger partial charge on any atom is 0.129 e. The van der Waals surface area contributed by atoms with Gasteiger partial charge in [0, 0.05) is 36.1 Å². The van der Waals surface area contributed by atoms with Gasteiger partial charge in [0.1, 0.15) is 11.5 Å². The van der Waals surface area contributed by atoms with Crippen molar-refractivity contribution < 1.29 is 9.47 Å². The van der Waals surface area contributed by atoms with Crippen molar-refractivity contribution >= 4 is 28.8 Å². The van der Waals surface area contributed by atoms with Gasteiger partial charge in [0.15, 0.2) is 0 Å². The molecule has 2 aromatic carbocycles. The predicted octanol–water partition coefficient (Wildman–Crippen LogP) is 5.99. The first-order chi connectivity index (χ1) is 15.4. The molecular formula is C27H31N3O2. The summed E-state index contributed by atoms with van der Waals surface area (Å²) in [6.07, 6.45) is 9.83. The molecule has 3 aromatic rings. The zero-order valence-corrected chi connectivity index (χ0v) is 19.3. The summed E-state index contributed by atoms with van der Waals surface area (Å²) in [6.45, 7) is 6.00. The van der Waals surface area contributed by atoms with Gasteiger partial charge in [-0.3, -0.25) is 4.99 Å². The molecule has 0 amide bonds. The monoisotopic (exact) mass is 429 g/mol. The minimum absolute atomic E-state index is 0.104. The minimum atomic E-state index is 0.104. The Labute approximate surface area is 190 Å². The Morgan fingerprint density at radius 2 is 1.94 bits per heavy atom. The zero-order valence-electron chi connectivity index (χ0n) is 19.3. The number of hydrogen-bond acceptors (Lipinski definition) is 4. The number of H-pyrrole nitrogens is 1. The second-order valence-electron chi connectivity index (χ2n) is 7.81. The van der Waals surface area contributed by atoms with Crippen molar-refractivity contribution in [3.63, 3.8) is 0 Å². The number of hydrogen-bond donors (Lipinski definition) is 2. The van der Waals surface area contributed by atoms with Gasteiger partial charge in [-0.25, -0.2) is 0 Å². The highest BCUT2D eigenvalue weighted by molar-refractivity contribution is 6.11. The first-order valence-electron chi connectivity index (χ1n) is 10.6. The second kappa shape index (κ2) is 10.5. The van der Waals surface area contributed by atoms with Gasteiger partial charge >= 0.3 is 0 Å². The molecule has 0 bridgehead atoms. The van der Waals surface area contributed by atoms with Crippen LogP contribution in [0.15, 0.2) is 77.1 Å². The fourth-order valence-electron chi connectivity index (χ4n) is 3.39.